The average Bonchev–Trinajstić information content (AvgIpc) is 2.69. The minimum absolute atomic E-state index is 0.0398. The summed E-state index contributed by atoms with van der Waals surface area (Å²) in [6.07, 6.45) is 2.32. The van der Waals surface area contributed by atoms with Gasteiger partial charge in [-0.3, -0.25) is 14.4 Å². The molecule has 0 aromatic rings. The molecule has 0 rings (SSSR count). The van der Waals surface area contributed by atoms with E-state index in [0.29, 0.717) is 32.2 Å². The zero-order chi connectivity index (χ0) is 24.8. The number of carbonyl (C=O) groups excluding carboxylic acids is 3. The third-order valence-electron chi connectivity index (χ3n) is 4.78. The van der Waals surface area contributed by atoms with Crippen molar-refractivity contribution in [3.8, 4) is 0 Å². The van der Waals surface area contributed by atoms with Crippen LogP contribution in [0.5, 0.6) is 0 Å². The van der Waals surface area contributed by atoms with Gasteiger partial charge in [0.1, 0.15) is 18.1 Å². The van der Waals surface area contributed by atoms with Crippen LogP contribution < -0.4 is 27.4 Å². The van der Waals surface area contributed by atoms with Crippen LogP contribution in [0, 0.1) is 11.8 Å². The standard InChI is InChI=1S/C21H41N5O5S/c1-12(2)9-14(23)18(27)24-15(7-5-6-8-22)19(28)26-17(11-32)20(29)25-16(21(30)31)10-13(3)4/h12-17,32H,5-11,22-23H2,1-4H3,(H,24,27)(H,25,29)(H,26,28)(H,30,31). The quantitative estimate of drug-likeness (QED) is 0.121. The van der Waals surface area contributed by atoms with E-state index >= 15 is 0 Å². The zero-order valence-corrected chi connectivity index (χ0v) is 20.5. The maximum atomic E-state index is 12.9. The fourth-order valence-corrected chi connectivity index (χ4v) is 3.34. The number of rotatable bonds is 16. The van der Waals surface area contributed by atoms with Crippen molar-refractivity contribution in [1.29, 1.82) is 0 Å². The lowest BCUT2D eigenvalue weighted by molar-refractivity contribution is -0.142. The molecule has 4 unspecified atom stereocenters. The number of nitrogens with two attached hydrogens (primary N) is 2. The Kier molecular flexibility index (Phi) is 15.0. The molecule has 0 saturated carbocycles. The van der Waals surface area contributed by atoms with E-state index in [2.05, 4.69) is 28.6 Å². The average molecular weight is 476 g/mol. The number of hydrogen-bond acceptors (Lipinski definition) is 7. The molecule has 0 aromatic carbocycles. The van der Waals surface area contributed by atoms with Crippen molar-refractivity contribution >= 4 is 36.3 Å². The SMILES string of the molecule is CC(C)CC(N)C(=O)NC(CCCCN)C(=O)NC(CS)C(=O)NC(CC(C)C)C(=O)O. The fraction of sp³-hybridized carbons (Fsp3) is 0.810. The normalized spacial score (nSPS) is 15.0. The highest BCUT2D eigenvalue weighted by Crippen LogP contribution is 2.08. The summed E-state index contributed by atoms with van der Waals surface area (Å²) in [4.78, 5) is 49.3. The van der Waals surface area contributed by atoms with E-state index in [1.54, 1.807) is 0 Å². The lowest BCUT2D eigenvalue weighted by Crippen LogP contribution is -2.57. The Balaban J connectivity index is 5.23. The molecule has 32 heavy (non-hydrogen) atoms. The number of thiol groups is 1. The van der Waals surface area contributed by atoms with Crippen LogP contribution in [0.1, 0.15) is 59.8 Å². The first-order valence-corrected chi connectivity index (χ1v) is 11.8. The monoisotopic (exact) mass is 475 g/mol. The van der Waals surface area contributed by atoms with Gasteiger partial charge in [0.25, 0.3) is 0 Å². The van der Waals surface area contributed by atoms with Crippen LogP contribution >= 0.6 is 12.6 Å². The molecule has 186 valence electrons. The van der Waals surface area contributed by atoms with Crippen LogP contribution in [0.2, 0.25) is 0 Å². The Morgan fingerprint density at radius 2 is 1.31 bits per heavy atom. The van der Waals surface area contributed by atoms with Crippen LogP contribution in [-0.4, -0.2) is 65.3 Å². The highest BCUT2D eigenvalue weighted by atomic mass is 32.1. The van der Waals surface area contributed by atoms with Crippen LogP contribution in [0.3, 0.4) is 0 Å². The minimum Gasteiger partial charge on any atom is -0.480 e. The number of nitrogens with one attached hydrogen (secondary N) is 3. The first kappa shape index (κ1) is 30.1. The summed E-state index contributed by atoms with van der Waals surface area (Å²) in [7, 11) is 0. The fourth-order valence-electron chi connectivity index (χ4n) is 3.09. The highest BCUT2D eigenvalue weighted by Gasteiger charge is 2.29. The maximum Gasteiger partial charge on any atom is 0.326 e. The topological polar surface area (TPSA) is 177 Å². The van der Waals surface area contributed by atoms with Crippen molar-refractivity contribution in [2.75, 3.05) is 12.3 Å². The number of carboxylic acid groups (broad SMARTS) is 1. The Hall–Kier alpha value is -1.85. The van der Waals surface area contributed by atoms with E-state index in [1.165, 1.54) is 0 Å². The lowest BCUT2D eigenvalue weighted by atomic mass is 10.0. The summed E-state index contributed by atoms with van der Waals surface area (Å²) in [6.45, 7) is 8.02. The molecule has 10 nitrogen and oxygen atoms in total. The summed E-state index contributed by atoms with van der Waals surface area (Å²) in [5.41, 5.74) is 11.4. The van der Waals surface area contributed by atoms with Crippen LogP contribution in [0.4, 0.5) is 0 Å². The molecule has 0 aliphatic carbocycles. The second kappa shape index (κ2) is 15.9. The molecule has 0 aliphatic heterocycles. The van der Waals surface area contributed by atoms with Gasteiger partial charge in [-0.25, -0.2) is 4.79 Å². The van der Waals surface area contributed by atoms with E-state index in [4.69, 9.17) is 11.5 Å². The molecule has 0 bridgehead atoms. The molecular weight excluding hydrogens is 434 g/mol. The van der Waals surface area contributed by atoms with Gasteiger partial charge in [0.2, 0.25) is 17.7 Å². The van der Waals surface area contributed by atoms with Gasteiger partial charge in [0.05, 0.1) is 6.04 Å². The van der Waals surface area contributed by atoms with E-state index in [9.17, 15) is 24.3 Å². The predicted octanol–water partition coefficient (Wildman–Crippen LogP) is 0.00370. The van der Waals surface area contributed by atoms with Crippen molar-refractivity contribution in [2.24, 2.45) is 23.3 Å². The van der Waals surface area contributed by atoms with Gasteiger partial charge < -0.3 is 32.5 Å². The summed E-state index contributed by atoms with van der Waals surface area (Å²) in [5, 5.41) is 17.0. The van der Waals surface area contributed by atoms with Gasteiger partial charge in [-0.15, -0.1) is 0 Å². The molecule has 0 radical (unpaired) electrons. The zero-order valence-electron chi connectivity index (χ0n) is 19.6. The summed E-state index contributed by atoms with van der Waals surface area (Å²) < 4.78 is 0. The number of aliphatic carboxylic acids is 1. The number of carbonyl (C=O) groups is 4. The van der Waals surface area contributed by atoms with Gasteiger partial charge >= 0.3 is 5.97 Å². The Morgan fingerprint density at radius 1 is 0.812 bits per heavy atom. The molecule has 11 heteroatoms. The van der Waals surface area contributed by atoms with Crippen LogP contribution in [0.25, 0.3) is 0 Å². The molecule has 0 spiro atoms. The molecular formula is C21H41N5O5S. The molecule has 0 heterocycles. The van der Waals surface area contributed by atoms with E-state index in [0.717, 1.165) is 0 Å². The van der Waals surface area contributed by atoms with Gasteiger partial charge in [-0.2, -0.15) is 12.6 Å². The third kappa shape index (κ3) is 12.3. The molecule has 4 atom stereocenters. The second-order valence-corrected chi connectivity index (χ2v) is 9.22. The van der Waals surface area contributed by atoms with Crippen LogP contribution in [-0.2, 0) is 19.2 Å². The smallest absolute Gasteiger partial charge is 0.326 e. The Labute approximate surface area is 196 Å². The molecule has 8 N–H and O–H groups in total. The Morgan fingerprint density at radius 3 is 1.78 bits per heavy atom. The van der Waals surface area contributed by atoms with E-state index < -0.39 is 47.9 Å². The largest absolute Gasteiger partial charge is 0.480 e. The summed E-state index contributed by atoms with van der Waals surface area (Å²) in [5.74, 6) is -2.57. The van der Waals surface area contributed by atoms with E-state index in [1.807, 2.05) is 27.7 Å². The summed E-state index contributed by atoms with van der Waals surface area (Å²) in [6, 6.07) is -3.78. The molecule has 0 fully saturated rings. The van der Waals surface area contributed by atoms with Gasteiger partial charge in [0.15, 0.2) is 0 Å². The Bertz CT molecular complexity index is 617. The van der Waals surface area contributed by atoms with Crippen molar-refractivity contribution < 1.29 is 24.3 Å². The molecule has 3 amide bonds. The van der Waals surface area contributed by atoms with Crippen LogP contribution in [0.15, 0.2) is 0 Å². The van der Waals surface area contributed by atoms with Gasteiger partial charge in [0, 0.05) is 5.75 Å². The molecule has 0 saturated heterocycles. The molecule has 0 aromatic heterocycles. The first-order valence-electron chi connectivity index (χ1n) is 11.1. The maximum absolute atomic E-state index is 12.9. The van der Waals surface area contributed by atoms with Crippen molar-refractivity contribution in [3.63, 3.8) is 0 Å². The number of carboxylic acids is 1. The van der Waals surface area contributed by atoms with Gasteiger partial charge in [-0.05, 0) is 50.5 Å². The van der Waals surface area contributed by atoms with Gasteiger partial charge in [-0.1, -0.05) is 27.7 Å². The first-order chi connectivity index (χ1) is 14.9. The van der Waals surface area contributed by atoms with Crippen molar-refractivity contribution in [3.05, 3.63) is 0 Å². The second-order valence-electron chi connectivity index (χ2n) is 8.85. The number of unbranched alkanes of at least 4 members (excludes halogenated alkanes) is 1. The minimum atomic E-state index is -1.15. The summed E-state index contributed by atoms with van der Waals surface area (Å²) >= 11 is 4.12. The highest BCUT2D eigenvalue weighted by molar-refractivity contribution is 7.80. The van der Waals surface area contributed by atoms with E-state index in [-0.39, 0.29) is 24.0 Å². The number of amides is 3. The predicted molar refractivity (Wildman–Crippen MR) is 127 cm³/mol. The lowest BCUT2D eigenvalue weighted by Gasteiger charge is -2.25. The molecule has 0 aliphatic rings. The van der Waals surface area contributed by atoms with Crippen molar-refractivity contribution in [2.45, 2.75) is 84.0 Å². The third-order valence-corrected chi connectivity index (χ3v) is 5.14. The number of hydrogen-bond donors (Lipinski definition) is 7. The van der Waals surface area contributed by atoms with Crippen molar-refractivity contribution in [1.82, 2.24) is 16.0 Å².